The molecule has 1 amide bonds. The molecular formula is C12H12BrNO4. The second-order valence-corrected chi connectivity index (χ2v) is 5.01. The van der Waals surface area contributed by atoms with Crippen LogP contribution < -0.4 is 5.32 Å². The second kappa shape index (κ2) is 5.07. The number of aliphatic carboxylic acids is 1. The monoisotopic (exact) mass is 313 g/mol. The van der Waals surface area contributed by atoms with Gasteiger partial charge in [-0.15, -0.1) is 0 Å². The van der Waals surface area contributed by atoms with E-state index in [9.17, 15) is 9.59 Å². The van der Waals surface area contributed by atoms with Gasteiger partial charge in [0.2, 0.25) is 5.91 Å². The summed E-state index contributed by atoms with van der Waals surface area (Å²) in [4.78, 5) is 23.0. The van der Waals surface area contributed by atoms with Crippen LogP contribution in [0.5, 0.6) is 0 Å². The first-order chi connectivity index (χ1) is 8.56. The third-order valence-corrected chi connectivity index (χ3v) is 3.71. The summed E-state index contributed by atoms with van der Waals surface area (Å²) in [7, 11) is 0. The maximum Gasteiger partial charge on any atom is 0.324 e. The quantitative estimate of drug-likeness (QED) is 0.818. The van der Waals surface area contributed by atoms with E-state index in [-0.39, 0.29) is 19.8 Å². The van der Waals surface area contributed by atoms with E-state index in [2.05, 4.69) is 21.2 Å². The average molecular weight is 314 g/mol. The minimum atomic E-state index is -1.42. The number of carbonyl (C=O) groups excluding carboxylic acids is 1. The number of hydrogen-bond acceptors (Lipinski definition) is 3. The highest BCUT2D eigenvalue weighted by Gasteiger charge is 2.53. The zero-order valence-corrected chi connectivity index (χ0v) is 11.1. The molecule has 2 N–H and O–H groups in total. The molecule has 1 aliphatic rings. The number of carboxylic acid groups (broad SMARTS) is 1. The van der Waals surface area contributed by atoms with Gasteiger partial charge in [-0.05, 0) is 11.6 Å². The van der Waals surface area contributed by atoms with E-state index in [1.165, 1.54) is 0 Å². The number of carbonyl (C=O) groups is 2. The zero-order chi connectivity index (χ0) is 13.2. The molecule has 5 nitrogen and oxygen atoms in total. The second-order valence-electron chi connectivity index (χ2n) is 4.15. The molecule has 96 valence electrons. The minimum Gasteiger partial charge on any atom is -0.480 e. The Morgan fingerprint density at radius 1 is 1.39 bits per heavy atom. The van der Waals surface area contributed by atoms with E-state index in [0.717, 1.165) is 10.0 Å². The van der Waals surface area contributed by atoms with Crippen LogP contribution >= 0.6 is 15.9 Å². The molecule has 1 fully saturated rings. The molecule has 6 heteroatoms. The summed E-state index contributed by atoms with van der Waals surface area (Å²) >= 11 is 3.36. The fourth-order valence-corrected chi connectivity index (χ4v) is 2.07. The number of rotatable bonds is 4. The van der Waals surface area contributed by atoms with Crippen LogP contribution in [0.15, 0.2) is 28.7 Å². The fourth-order valence-electron chi connectivity index (χ4n) is 1.64. The topological polar surface area (TPSA) is 75.6 Å². The van der Waals surface area contributed by atoms with Gasteiger partial charge in [0.15, 0.2) is 5.41 Å². The van der Waals surface area contributed by atoms with Gasteiger partial charge in [-0.25, -0.2) is 0 Å². The summed E-state index contributed by atoms with van der Waals surface area (Å²) in [5, 5.41) is 11.7. The van der Waals surface area contributed by atoms with Gasteiger partial charge in [0.1, 0.15) is 0 Å². The Morgan fingerprint density at radius 3 is 2.56 bits per heavy atom. The number of ether oxygens (including phenoxy) is 1. The van der Waals surface area contributed by atoms with Crippen molar-refractivity contribution in [3.63, 3.8) is 0 Å². The summed E-state index contributed by atoms with van der Waals surface area (Å²) in [5.74, 6) is -1.64. The van der Waals surface area contributed by atoms with Crippen LogP contribution in [0.3, 0.4) is 0 Å². The summed E-state index contributed by atoms with van der Waals surface area (Å²) in [5.41, 5.74) is -0.520. The van der Waals surface area contributed by atoms with Crippen molar-refractivity contribution in [2.75, 3.05) is 13.2 Å². The lowest BCUT2D eigenvalue weighted by atomic mass is 9.85. The van der Waals surface area contributed by atoms with Crippen LogP contribution in [0.1, 0.15) is 5.56 Å². The highest BCUT2D eigenvalue weighted by molar-refractivity contribution is 9.10. The molecule has 0 spiro atoms. The molecular weight excluding hydrogens is 302 g/mol. The largest absolute Gasteiger partial charge is 0.480 e. The van der Waals surface area contributed by atoms with Gasteiger partial charge in [-0.1, -0.05) is 34.1 Å². The van der Waals surface area contributed by atoms with Gasteiger partial charge in [0, 0.05) is 11.0 Å². The van der Waals surface area contributed by atoms with Crippen LogP contribution in [0.25, 0.3) is 0 Å². The Bertz CT molecular complexity index is 485. The molecule has 1 aromatic rings. The number of amides is 1. The maximum atomic E-state index is 11.9. The van der Waals surface area contributed by atoms with Crippen molar-refractivity contribution in [3.8, 4) is 0 Å². The normalized spacial score (nSPS) is 16.7. The molecule has 0 unspecified atom stereocenters. The van der Waals surface area contributed by atoms with Crippen LogP contribution in [-0.2, 0) is 20.9 Å². The number of halogens is 1. The van der Waals surface area contributed by atoms with E-state index < -0.39 is 17.3 Å². The van der Waals surface area contributed by atoms with Gasteiger partial charge < -0.3 is 15.2 Å². The molecule has 2 rings (SSSR count). The van der Waals surface area contributed by atoms with E-state index >= 15 is 0 Å². The molecule has 0 aliphatic carbocycles. The Balaban J connectivity index is 2.01. The number of nitrogens with one attached hydrogen (secondary N) is 1. The first-order valence-corrected chi connectivity index (χ1v) is 6.18. The van der Waals surface area contributed by atoms with E-state index in [1.54, 1.807) is 0 Å². The Hall–Kier alpha value is -1.40. The molecule has 0 bridgehead atoms. The Labute approximate surface area is 112 Å². The molecule has 1 aromatic carbocycles. The standard InChI is InChI=1S/C12H12BrNO4/c13-9-4-2-1-3-8(9)5-14-10(15)12(11(16)17)6-18-7-12/h1-4H,5-7H2,(H,14,15)(H,16,17). The lowest BCUT2D eigenvalue weighted by molar-refractivity contribution is -0.185. The summed E-state index contributed by atoms with van der Waals surface area (Å²) in [6.45, 7) is 0.156. The molecule has 0 aromatic heterocycles. The minimum absolute atomic E-state index is 0.0654. The summed E-state index contributed by atoms with van der Waals surface area (Å²) in [6.07, 6.45) is 0. The van der Waals surface area contributed by atoms with Crippen LogP contribution in [0, 0.1) is 5.41 Å². The molecule has 0 radical (unpaired) electrons. The van der Waals surface area contributed by atoms with Crippen LogP contribution in [0.4, 0.5) is 0 Å². The smallest absolute Gasteiger partial charge is 0.324 e. The molecule has 1 heterocycles. The number of carboxylic acids is 1. The fraction of sp³-hybridized carbons (Fsp3) is 0.333. The highest BCUT2D eigenvalue weighted by Crippen LogP contribution is 2.28. The molecule has 18 heavy (non-hydrogen) atoms. The number of hydrogen-bond donors (Lipinski definition) is 2. The summed E-state index contributed by atoms with van der Waals surface area (Å²) in [6, 6.07) is 7.44. The first-order valence-electron chi connectivity index (χ1n) is 5.39. The first kappa shape index (κ1) is 13.0. The van der Waals surface area contributed by atoms with Crippen LogP contribution in [0.2, 0.25) is 0 Å². The van der Waals surface area contributed by atoms with Crippen molar-refractivity contribution in [1.82, 2.24) is 5.32 Å². The van der Waals surface area contributed by atoms with Gasteiger partial charge in [0.25, 0.3) is 0 Å². The number of benzene rings is 1. The lowest BCUT2D eigenvalue weighted by Gasteiger charge is -2.35. The van der Waals surface area contributed by atoms with E-state index in [0.29, 0.717) is 0 Å². The third kappa shape index (κ3) is 2.26. The predicted octanol–water partition coefficient (Wildman–Crippen LogP) is 1.17. The van der Waals surface area contributed by atoms with Crippen LogP contribution in [-0.4, -0.2) is 30.2 Å². The molecule has 0 atom stereocenters. The van der Waals surface area contributed by atoms with Gasteiger partial charge in [0.05, 0.1) is 13.2 Å². The van der Waals surface area contributed by atoms with Gasteiger partial charge in [-0.3, -0.25) is 9.59 Å². The SMILES string of the molecule is O=C(O)C1(C(=O)NCc2ccccc2Br)COC1. The molecule has 0 saturated carbocycles. The molecule has 1 aliphatic heterocycles. The van der Waals surface area contributed by atoms with E-state index in [1.807, 2.05) is 24.3 Å². The Kier molecular flexibility index (Phi) is 3.68. The lowest BCUT2D eigenvalue weighted by Crippen LogP contribution is -2.58. The van der Waals surface area contributed by atoms with Crippen molar-refractivity contribution in [2.24, 2.45) is 5.41 Å². The average Bonchev–Trinajstić information content (AvgIpc) is 2.26. The van der Waals surface area contributed by atoms with Gasteiger partial charge in [-0.2, -0.15) is 0 Å². The van der Waals surface area contributed by atoms with E-state index in [4.69, 9.17) is 9.84 Å². The third-order valence-electron chi connectivity index (χ3n) is 2.94. The van der Waals surface area contributed by atoms with Crippen molar-refractivity contribution in [1.29, 1.82) is 0 Å². The van der Waals surface area contributed by atoms with Crippen molar-refractivity contribution < 1.29 is 19.4 Å². The maximum absolute atomic E-state index is 11.9. The van der Waals surface area contributed by atoms with Crippen molar-refractivity contribution in [2.45, 2.75) is 6.54 Å². The predicted molar refractivity (Wildman–Crippen MR) is 66.9 cm³/mol. The Morgan fingerprint density at radius 2 is 2.06 bits per heavy atom. The van der Waals surface area contributed by atoms with Crippen molar-refractivity contribution in [3.05, 3.63) is 34.3 Å². The summed E-state index contributed by atoms with van der Waals surface area (Å²) < 4.78 is 5.72. The highest BCUT2D eigenvalue weighted by atomic mass is 79.9. The zero-order valence-electron chi connectivity index (χ0n) is 9.48. The van der Waals surface area contributed by atoms with Crippen molar-refractivity contribution >= 4 is 27.8 Å². The molecule has 1 saturated heterocycles. The van der Waals surface area contributed by atoms with Gasteiger partial charge >= 0.3 is 5.97 Å².